The van der Waals surface area contributed by atoms with Gasteiger partial charge in [-0.15, -0.1) is 0 Å². The van der Waals surface area contributed by atoms with Gasteiger partial charge < -0.3 is 11.1 Å². The van der Waals surface area contributed by atoms with Gasteiger partial charge in [0.2, 0.25) is 0 Å². The summed E-state index contributed by atoms with van der Waals surface area (Å²) < 4.78 is 27.6. The molecule has 1 aromatic heterocycles. The van der Waals surface area contributed by atoms with Crippen LogP contribution in [-0.4, -0.2) is 40.4 Å². The molecule has 3 N–H and O–H groups in total. The summed E-state index contributed by atoms with van der Waals surface area (Å²) >= 11 is 0. The van der Waals surface area contributed by atoms with Crippen molar-refractivity contribution in [1.82, 2.24) is 15.1 Å². The molecule has 0 saturated carbocycles. The molecule has 0 fully saturated rings. The first-order chi connectivity index (χ1) is 12.3. The highest BCUT2D eigenvalue weighted by atomic mass is 19.3. The predicted octanol–water partition coefficient (Wildman–Crippen LogP) is 2.59. The molecule has 2 rings (SSSR count). The Hall–Kier alpha value is -2.77. The average Bonchev–Trinajstić information content (AvgIpc) is 2.97. The minimum atomic E-state index is -3.40. The van der Waals surface area contributed by atoms with E-state index in [1.165, 1.54) is 6.20 Å². The van der Waals surface area contributed by atoms with E-state index < -0.39 is 17.9 Å². The van der Waals surface area contributed by atoms with Gasteiger partial charge in [0.25, 0.3) is 5.91 Å². The first-order valence-electron chi connectivity index (χ1n) is 8.32. The van der Waals surface area contributed by atoms with Gasteiger partial charge in [0.1, 0.15) is 0 Å². The molecule has 2 aromatic rings. The van der Waals surface area contributed by atoms with E-state index in [4.69, 9.17) is 5.73 Å². The Balaban J connectivity index is 2.19. The molecule has 0 bridgehead atoms. The van der Waals surface area contributed by atoms with Crippen LogP contribution in [-0.2, 0) is 11.3 Å². The van der Waals surface area contributed by atoms with Crippen LogP contribution >= 0.6 is 0 Å². The predicted molar refractivity (Wildman–Crippen MR) is 99.2 cm³/mol. The Labute approximate surface area is 150 Å². The second kappa shape index (κ2) is 8.07. The van der Waals surface area contributed by atoms with E-state index in [1.54, 1.807) is 24.0 Å². The summed E-state index contributed by atoms with van der Waals surface area (Å²) in [5.41, 5.74) is 8.21. The number of allylic oxidation sites excluding steroid dienone is 1. The van der Waals surface area contributed by atoms with Crippen LogP contribution in [0.1, 0.15) is 26.3 Å². The van der Waals surface area contributed by atoms with Crippen molar-refractivity contribution in [1.29, 1.82) is 0 Å². The zero-order valence-electron chi connectivity index (χ0n) is 15.0. The van der Waals surface area contributed by atoms with Gasteiger partial charge >= 0.3 is 5.92 Å². The average molecular weight is 363 g/mol. The van der Waals surface area contributed by atoms with Crippen molar-refractivity contribution in [2.24, 2.45) is 10.7 Å². The molecular weight excluding hydrogens is 340 g/mol. The van der Waals surface area contributed by atoms with Crippen LogP contribution in [0.4, 0.5) is 8.78 Å². The first kappa shape index (κ1) is 19.6. The smallest absolute Gasteiger partial charge is 0.321 e. The Morgan fingerprint density at radius 2 is 2.23 bits per heavy atom. The largest absolute Gasteiger partial charge is 0.404 e. The number of nitrogens with zero attached hydrogens (tertiary/aromatic N) is 3. The lowest BCUT2D eigenvalue weighted by Crippen LogP contribution is -2.44. The van der Waals surface area contributed by atoms with Crippen molar-refractivity contribution in [2.75, 3.05) is 6.54 Å². The second-order valence-corrected chi connectivity index (χ2v) is 6.11. The molecule has 1 aromatic carbocycles. The Kier molecular flexibility index (Phi) is 6.07. The van der Waals surface area contributed by atoms with Gasteiger partial charge in [0.05, 0.1) is 18.3 Å². The number of alkyl halides is 2. The van der Waals surface area contributed by atoms with Crippen LogP contribution in [0.2, 0.25) is 0 Å². The summed E-state index contributed by atoms with van der Waals surface area (Å²) in [6.45, 7) is 5.11. The molecule has 26 heavy (non-hydrogen) atoms. The fourth-order valence-electron chi connectivity index (χ4n) is 2.47. The normalized spacial score (nSPS) is 14.1. The number of nitrogens with two attached hydrogens (primary N) is 1. The molecule has 0 aliphatic carbocycles. The highest BCUT2D eigenvalue weighted by Crippen LogP contribution is 2.20. The molecule has 0 saturated heterocycles. The molecular formula is C18H23F2N5O. The van der Waals surface area contributed by atoms with Crippen molar-refractivity contribution in [3.8, 4) is 0 Å². The maximum atomic E-state index is 13.0. The number of rotatable bonds is 7. The Morgan fingerprint density at radius 3 is 2.85 bits per heavy atom. The number of amides is 1. The van der Waals surface area contributed by atoms with Gasteiger partial charge in [0.15, 0.2) is 0 Å². The van der Waals surface area contributed by atoms with E-state index in [2.05, 4.69) is 15.4 Å². The zero-order chi connectivity index (χ0) is 19.3. The number of hydrogen-bond donors (Lipinski definition) is 2. The molecule has 140 valence electrons. The number of carbonyl (C=O) groups excluding carboxylic acids is 1. The maximum absolute atomic E-state index is 13.0. The third kappa shape index (κ3) is 4.65. The molecule has 6 nitrogen and oxygen atoms in total. The van der Waals surface area contributed by atoms with Crippen molar-refractivity contribution in [2.45, 2.75) is 39.3 Å². The molecule has 8 heteroatoms. The Bertz CT molecular complexity index is 836. The van der Waals surface area contributed by atoms with Crippen LogP contribution in [0.5, 0.6) is 0 Å². The maximum Gasteiger partial charge on any atom is 0.321 e. The van der Waals surface area contributed by atoms with Gasteiger partial charge in [-0.1, -0.05) is 6.07 Å². The minimum Gasteiger partial charge on any atom is -0.404 e. The highest BCUT2D eigenvalue weighted by Gasteiger charge is 2.32. The monoisotopic (exact) mass is 363 g/mol. The van der Waals surface area contributed by atoms with E-state index in [0.717, 1.165) is 22.0 Å². The number of benzene rings is 1. The molecule has 1 unspecified atom stereocenters. The first-order valence-corrected chi connectivity index (χ1v) is 8.32. The summed E-state index contributed by atoms with van der Waals surface area (Å²) in [7, 11) is 0. The van der Waals surface area contributed by atoms with Gasteiger partial charge in [-0.2, -0.15) is 13.9 Å². The number of hydrogen-bond acceptors (Lipinski definition) is 4. The lowest BCUT2D eigenvalue weighted by atomic mass is 10.1. The number of fused-ring (bicyclic) bond motifs is 1. The fraction of sp³-hybridized carbons (Fsp3) is 0.389. The lowest BCUT2D eigenvalue weighted by molar-refractivity contribution is -0.143. The molecule has 0 radical (unpaired) electrons. The van der Waals surface area contributed by atoms with E-state index in [-0.39, 0.29) is 6.54 Å². The fourth-order valence-corrected chi connectivity index (χ4v) is 2.47. The number of halogens is 2. The van der Waals surface area contributed by atoms with Crippen molar-refractivity contribution < 1.29 is 13.6 Å². The number of carbonyl (C=O) groups is 1. The lowest BCUT2D eigenvalue weighted by Gasteiger charge is -2.17. The third-order valence-corrected chi connectivity index (χ3v) is 3.79. The zero-order valence-corrected chi connectivity index (χ0v) is 15.0. The number of nitrogens with one attached hydrogen (secondary N) is 1. The van der Waals surface area contributed by atoms with Gasteiger partial charge in [0, 0.05) is 42.9 Å². The summed E-state index contributed by atoms with van der Waals surface area (Å²) in [6.07, 6.45) is 4.90. The highest BCUT2D eigenvalue weighted by molar-refractivity contribution is 6.10. The van der Waals surface area contributed by atoms with Crippen LogP contribution in [0.3, 0.4) is 0 Å². The van der Waals surface area contributed by atoms with Gasteiger partial charge in [-0.05, 0) is 31.5 Å². The van der Waals surface area contributed by atoms with E-state index in [1.807, 2.05) is 25.1 Å². The van der Waals surface area contributed by atoms with Crippen molar-refractivity contribution >= 4 is 28.6 Å². The molecule has 0 aliphatic rings. The molecule has 1 heterocycles. The van der Waals surface area contributed by atoms with Crippen LogP contribution < -0.4 is 11.1 Å². The van der Waals surface area contributed by atoms with E-state index in [9.17, 15) is 13.6 Å². The molecule has 1 amide bonds. The third-order valence-electron chi connectivity index (χ3n) is 3.79. The summed E-state index contributed by atoms with van der Waals surface area (Å²) in [5, 5.41) is 7.46. The van der Waals surface area contributed by atoms with E-state index >= 15 is 0 Å². The second-order valence-electron chi connectivity index (χ2n) is 6.11. The van der Waals surface area contributed by atoms with Crippen molar-refractivity contribution in [3.63, 3.8) is 0 Å². The summed E-state index contributed by atoms with van der Waals surface area (Å²) in [6, 6.07) is 5.21. The number of aliphatic imine (C=N–C) groups is 1. The summed E-state index contributed by atoms with van der Waals surface area (Å²) in [5.74, 6) is -4.70. The van der Waals surface area contributed by atoms with Crippen LogP contribution in [0, 0.1) is 0 Å². The topological polar surface area (TPSA) is 85.3 Å². The Morgan fingerprint density at radius 1 is 1.50 bits per heavy atom. The molecule has 1 atom stereocenters. The van der Waals surface area contributed by atoms with Gasteiger partial charge in [-0.3, -0.25) is 14.5 Å². The molecule has 0 spiro atoms. The van der Waals surface area contributed by atoms with Crippen LogP contribution in [0.15, 0.2) is 35.6 Å². The van der Waals surface area contributed by atoms with Crippen molar-refractivity contribution in [3.05, 3.63) is 36.2 Å². The van der Waals surface area contributed by atoms with Gasteiger partial charge in [-0.25, -0.2) is 0 Å². The standard InChI is InChI=1S/C18H23F2N5O/c1-4-22-9-15(8-21)13-5-6-16-14(7-13)10-23-25(16)11-12(2)24-17(26)18(3,19)20/h5-10,12H,4,11,21H2,1-3H3,(H,24,26)/b15-8+,22-9?. The number of aromatic nitrogens is 2. The summed E-state index contributed by atoms with van der Waals surface area (Å²) in [4.78, 5) is 15.6. The van der Waals surface area contributed by atoms with E-state index in [0.29, 0.717) is 13.5 Å². The van der Waals surface area contributed by atoms with Crippen LogP contribution in [0.25, 0.3) is 16.5 Å². The molecule has 0 aliphatic heterocycles. The minimum absolute atomic E-state index is 0.279. The quantitative estimate of drug-likeness (QED) is 0.742. The SMILES string of the molecule is CCN=C/C(=C\N)c1ccc2c(cnn2CC(C)NC(=O)C(C)(F)F)c1.